The van der Waals surface area contributed by atoms with E-state index in [1.54, 1.807) is 0 Å². The Morgan fingerprint density at radius 3 is 1.68 bits per heavy atom. The zero-order valence-electron chi connectivity index (χ0n) is 12.9. The summed E-state index contributed by atoms with van der Waals surface area (Å²) < 4.78 is 7.40. The molecule has 0 aromatic heterocycles. The maximum atomic E-state index is 11.0. The molecule has 0 unspecified atom stereocenters. The molecule has 1 radical (unpaired) electrons. The predicted molar refractivity (Wildman–Crippen MR) is 109 cm³/mol. The van der Waals surface area contributed by atoms with Gasteiger partial charge in [-0.25, -0.2) is 4.79 Å². The first-order chi connectivity index (χ1) is 11.0. The molecule has 0 saturated heterocycles. The van der Waals surface area contributed by atoms with Gasteiger partial charge in [0.1, 0.15) is 5.75 Å². The minimum atomic E-state index is -0.908. The third-order valence-corrected chi connectivity index (χ3v) is 6.11. The number of carbonyl (C=O) groups is 1. The molecule has 0 heterocycles. The molecule has 2 aromatic rings. The van der Waals surface area contributed by atoms with Crippen molar-refractivity contribution in [1.82, 2.24) is 0 Å². The van der Waals surface area contributed by atoms with Crippen LogP contribution in [0.3, 0.4) is 0 Å². The number of halogens is 5. The molecule has 1 N–H and O–H groups in total. The van der Waals surface area contributed by atoms with Crippen molar-refractivity contribution >= 4 is 80.7 Å². The number of hydrogen-bond acceptors (Lipinski definition) is 3. The molecule has 9 heteroatoms. The van der Waals surface area contributed by atoms with Gasteiger partial charge in [0.25, 0.3) is 0 Å². The average molecular weight is 657 g/mol. The fourth-order valence-corrected chi connectivity index (χ4v) is 4.80. The summed E-state index contributed by atoms with van der Waals surface area (Å²) >= 11 is 18.8. The van der Waals surface area contributed by atoms with Gasteiger partial charge in [0.2, 0.25) is 0 Å². The molecule has 0 spiro atoms. The van der Waals surface area contributed by atoms with E-state index in [4.69, 9.17) is 16.3 Å². The monoisotopic (exact) mass is 653 g/mol. The fourth-order valence-electron chi connectivity index (χ4n) is 2.19. The summed E-state index contributed by atoms with van der Waals surface area (Å²) in [6.45, 7) is 4.11. The van der Waals surface area contributed by atoms with Gasteiger partial charge >= 0.3 is 5.43 Å². The van der Waals surface area contributed by atoms with Crippen LogP contribution in [0.4, 0.5) is 4.79 Å². The Hall–Kier alpha value is 0.504. The van der Waals surface area contributed by atoms with Crippen LogP contribution in [-0.4, -0.2) is 10.5 Å². The summed E-state index contributed by atoms with van der Waals surface area (Å²) in [7, 11) is 0. The van der Waals surface area contributed by atoms with E-state index in [2.05, 4.69) is 77.6 Å². The Labute approximate surface area is 196 Å². The van der Waals surface area contributed by atoms with Crippen molar-refractivity contribution in [2.75, 3.05) is 0 Å². The maximum Gasteiger partial charge on any atom is 0.409 e. The van der Waals surface area contributed by atoms with E-state index >= 15 is 0 Å². The largest absolute Gasteiger partial charge is 0.506 e. The van der Waals surface area contributed by atoms with Crippen molar-refractivity contribution in [3.8, 4) is 11.5 Å². The summed E-state index contributed by atoms with van der Waals surface area (Å²) in [6, 6.07) is 7.48. The molecule has 0 bridgehead atoms. The van der Waals surface area contributed by atoms with Gasteiger partial charge in [-0.05, 0) is 99.1 Å². The first-order valence-electron chi connectivity index (χ1n) is 6.59. The summed E-state index contributed by atoms with van der Waals surface area (Å²) in [4.78, 5) is 11.0. The number of benzene rings is 2. The van der Waals surface area contributed by atoms with Crippen LogP contribution >= 0.6 is 75.3 Å². The molecule has 2 aromatic carbocycles. The normalized spacial score (nSPS) is 11.0. The molecular weight excluding hydrogens is 646 g/mol. The molecule has 0 aliphatic heterocycles. The quantitative estimate of drug-likeness (QED) is 0.348. The first-order valence-corrected chi connectivity index (χ1v) is 10.1. The van der Waals surface area contributed by atoms with Crippen molar-refractivity contribution < 1.29 is 33.2 Å². The van der Waals surface area contributed by atoms with Gasteiger partial charge < -0.3 is 9.84 Å². The Morgan fingerprint density at radius 1 is 0.960 bits per heavy atom. The molecule has 133 valence electrons. The third kappa shape index (κ3) is 5.27. The second-order valence-electron chi connectivity index (χ2n) is 5.52. The molecule has 3 nitrogen and oxygen atoms in total. The second kappa shape index (κ2) is 9.13. The second-order valence-corrected chi connectivity index (χ2v) is 9.25. The van der Waals surface area contributed by atoms with Gasteiger partial charge in [0.05, 0.1) is 17.9 Å². The molecule has 25 heavy (non-hydrogen) atoms. The van der Waals surface area contributed by atoms with Gasteiger partial charge in [0.15, 0.2) is 5.75 Å². The van der Waals surface area contributed by atoms with Crippen LogP contribution in [0.2, 0.25) is 0 Å². The SMILES string of the molecule is CC(C)(c1cc(Br)c(O)c(Br)c1)c1cc(Br)c(OC(=O)Cl)c(Br)c1.[V]. The van der Waals surface area contributed by atoms with Crippen molar-refractivity contribution in [2.45, 2.75) is 19.3 Å². The predicted octanol–water partition coefficient (Wildman–Crippen LogP) is 7.50. The van der Waals surface area contributed by atoms with E-state index < -0.39 is 5.43 Å². The summed E-state index contributed by atoms with van der Waals surface area (Å²) in [6.07, 6.45) is 0. The number of phenols is 1. The van der Waals surface area contributed by atoms with Gasteiger partial charge in [0, 0.05) is 35.6 Å². The minimum absolute atomic E-state index is 0. The molecule has 0 saturated carbocycles. The Bertz CT molecular complexity index is 781. The van der Waals surface area contributed by atoms with Crippen LogP contribution < -0.4 is 4.74 Å². The van der Waals surface area contributed by atoms with Crippen LogP contribution in [0, 0.1) is 0 Å². The zero-order valence-corrected chi connectivity index (χ0v) is 21.4. The summed E-state index contributed by atoms with van der Waals surface area (Å²) in [5, 5.41) is 9.91. The zero-order chi connectivity index (χ0) is 18.2. The van der Waals surface area contributed by atoms with Crippen LogP contribution in [0.15, 0.2) is 42.2 Å². The van der Waals surface area contributed by atoms with E-state index in [9.17, 15) is 9.90 Å². The maximum absolute atomic E-state index is 11.0. The fraction of sp³-hybridized carbons (Fsp3) is 0.188. The Balaban J connectivity index is 0.00000312. The van der Waals surface area contributed by atoms with E-state index in [1.807, 2.05) is 24.3 Å². The topological polar surface area (TPSA) is 46.5 Å². The van der Waals surface area contributed by atoms with Crippen molar-refractivity contribution in [2.24, 2.45) is 0 Å². The van der Waals surface area contributed by atoms with E-state index in [1.165, 1.54) is 0 Å². The molecule has 0 aliphatic rings. The summed E-state index contributed by atoms with van der Waals surface area (Å²) in [5.41, 5.74) is 0.669. The van der Waals surface area contributed by atoms with E-state index in [-0.39, 0.29) is 29.7 Å². The first kappa shape index (κ1) is 23.5. The molecule has 0 aliphatic carbocycles. The van der Waals surface area contributed by atoms with Crippen molar-refractivity contribution in [3.05, 3.63) is 53.3 Å². The van der Waals surface area contributed by atoms with Gasteiger partial charge in [-0.15, -0.1) is 0 Å². The van der Waals surface area contributed by atoms with Crippen molar-refractivity contribution in [3.63, 3.8) is 0 Å². The van der Waals surface area contributed by atoms with E-state index in [0.717, 1.165) is 11.1 Å². The number of rotatable bonds is 3. The number of ether oxygens (including phenoxy) is 1. The number of aromatic hydroxyl groups is 1. The molecule has 0 atom stereocenters. The molecule has 0 amide bonds. The molecule has 2 rings (SSSR count). The number of phenolic OH excluding ortho intramolecular Hbond substituents is 1. The van der Waals surface area contributed by atoms with Gasteiger partial charge in [-0.2, -0.15) is 0 Å². The Morgan fingerprint density at radius 2 is 1.32 bits per heavy atom. The summed E-state index contributed by atoms with van der Waals surface area (Å²) in [5.74, 6) is 0.476. The third-order valence-electron chi connectivity index (χ3n) is 3.64. The van der Waals surface area contributed by atoms with Crippen LogP contribution in [0.5, 0.6) is 11.5 Å². The number of carbonyl (C=O) groups excluding carboxylic acids is 1. The molecule has 0 fully saturated rings. The average Bonchev–Trinajstić information content (AvgIpc) is 2.47. The van der Waals surface area contributed by atoms with Crippen LogP contribution in [-0.2, 0) is 24.0 Å². The minimum Gasteiger partial charge on any atom is -0.506 e. The molecular formula is C16H11Br4ClO3V. The standard InChI is InChI=1S/C16H11Br4ClO3.V/c1-16(2,7-3-9(17)13(22)10(18)4-7)8-5-11(19)14(12(20)6-8)24-15(21)23;/h3-6,22H,1-2H3;. The van der Waals surface area contributed by atoms with Crippen LogP contribution in [0.25, 0.3) is 0 Å². The van der Waals surface area contributed by atoms with E-state index in [0.29, 0.717) is 23.6 Å². The van der Waals surface area contributed by atoms with Crippen molar-refractivity contribution in [1.29, 1.82) is 0 Å². The van der Waals surface area contributed by atoms with Crippen LogP contribution in [0.1, 0.15) is 25.0 Å². The van der Waals surface area contributed by atoms with Gasteiger partial charge in [-0.1, -0.05) is 13.8 Å². The Kier molecular flexibility index (Phi) is 8.60. The van der Waals surface area contributed by atoms with Gasteiger partial charge in [-0.3, -0.25) is 0 Å². The number of hydrogen-bond donors (Lipinski definition) is 1. The smallest absolute Gasteiger partial charge is 0.409 e.